The van der Waals surface area contributed by atoms with E-state index < -0.39 is 0 Å². The van der Waals surface area contributed by atoms with Crippen molar-refractivity contribution in [2.45, 2.75) is 109 Å². The minimum absolute atomic E-state index is 0.0108. The fraction of sp³-hybridized carbons (Fsp3) is 0.233. The van der Waals surface area contributed by atoms with E-state index in [0.717, 1.165) is 69.9 Å². The topological polar surface area (TPSA) is 3.24 Å². The lowest BCUT2D eigenvalue weighted by Gasteiger charge is -2.39. The number of rotatable bonds is 15. The fourth-order valence-electron chi connectivity index (χ4n) is 13.8. The largest absolute Gasteiger partial charge is 0.310 e. The molecule has 0 fully saturated rings. The Morgan fingerprint density at radius 3 is 1.84 bits per heavy atom. The van der Waals surface area contributed by atoms with Crippen LogP contribution in [0.4, 0.5) is 17.1 Å². The highest BCUT2D eigenvalue weighted by atomic mass is 15.1. The van der Waals surface area contributed by atoms with Crippen LogP contribution in [0.15, 0.2) is 212 Å². The molecular weight excluding hydrogens is 891 g/mol. The first-order valence-corrected chi connectivity index (χ1v) is 27.8. The summed E-state index contributed by atoms with van der Waals surface area (Å²) in [5.74, 6) is 0.367. The number of hydrogen-bond donors (Lipinski definition) is 0. The second-order valence-electron chi connectivity index (χ2n) is 21.7. The van der Waals surface area contributed by atoms with Crippen LogP contribution < -0.4 is 4.90 Å². The number of fused-ring (bicyclic) bond motifs is 9. The maximum atomic E-state index is 2.56. The lowest BCUT2D eigenvalue weighted by molar-refractivity contribution is 0.389. The third-order valence-electron chi connectivity index (χ3n) is 17.8. The van der Waals surface area contributed by atoms with Gasteiger partial charge in [0.05, 0.1) is 0 Å². The number of benzene rings is 9. The van der Waals surface area contributed by atoms with E-state index in [1.165, 1.54) is 106 Å². The predicted molar refractivity (Wildman–Crippen MR) is 315 cm³/mol. The monoisotopic (exact) mass is 960 g/mol. The molecule has 0 heterocycles. The third-order valence-corrected chi connectivity index (χ3v) is 17.8. The first-order chi connectivity index (χ1) is 36.4. The van der Waals surface area contributed by atoms with E-state index in [1.807, 2.05) is 0 Å². The van der Waals surface area contributed by atoms with Gasteiger partial charge in [0.25, 0.3) is 0 Å². The zero-order chi connectivity index (χ0) is 50.2. The number of hydrogen-bond acceptors (Lipinski definition) is 1. The average molecular weight is 960 g/mol. The highest BCUT2D eigenvalue weighted by Gasteiger charge is 2.41. The highest BCUT2D eigenvalue weighted by Crippen LogP contribution is 2.55. The van der Waals surface area contributed by atoms with Gasteiger partial charge >= 0.3 is 0 Å². The summed E-state index contributed by atoms with van der Waals surface area (Å²) in [5.41, 5.74) is 27.5. The SMILES string of the molecule is CCCC1(CC)c2ccccc2-c2ccc(N(c3ccccc3)c3ccc4c(c3)-c3cc(CC(CCc5ccc6c(c5)CC(CC)(CC)c5ccccc5-6)c5ccccc5)ccc3C=C(c3ccccc3)C4)cc21. The first kappa shape index (κ1) is 47.5. The van der Waals surface area contributed by atoms with Crippen LogP contribution in [-0.2, 0) is 36.5 Å². The summed E-state index contributed by atoms with van der Waals surface area (Å²) in [6.07, 6.45) is 13.2. The lowest BCUT2D eigenvalue weighted by atomic mass is 9.65. The summed E-state index contributed by atoms with van der Waals surface area (Å²) in [6.45, 7) is 9.50. The van der Waals surface area contributed by atoms with Gasteiger partial charge in [-0.25, -0.2) is 0 Å². The summed E-state index contributed by atoms with van der Waals surface area (Å²) in [7, 11) is 0. The molecule has 1 heteroatoms. The number of anilines is 3. The number of allylic oxidation sites excluding steroid dienone is 1. The molecule has 2 unspecified atom stereocenters. The molecule has 0 aromatic heterocycles. The molecule has 0 bridgehead atoms. The van der Waals surface area contributed by atoms with Crippen molar-refractivity contribution in [1.29, 1.82) is 0 Å². The second-order valence-corrected chi connectivity index (χ2v) is 21.7. The standard InChI is InChI=1S/C73H69N/c1-5-42-73(8-4)70-31-21-19-29-65(70)66-41-39-62(49-71(66)73)74(60-26-16-11-17-27-60)61-38-37-57-47-58(54-24-14-10-15-25-54)46-56-36-33-52(45-67(56)68(57)48-61)44-55(53-22-12-9-13-23-53)35-32-51-34-40-63-59(43-51)50-72(6-2,7-3)69-30-20-18-28-64(63)69/h9-31,33-34,36-41,43,45-46,48-49,55H,5-8,32,35,42,44,47,50H2,1-4H3. The van der Waals surface area contributed by atoms with E-state index in [4.69, 9.17) is 0 Å². The Morgan fingerprint density at radius 2 is 1.09 bits per heavy atom. The fourth-order valence-corrected chi connectivity index (χ4v) is 13.8. The van der Waals surface area contributed by atoms with E-state index >= 15 is 0 Å². The zero-order valence-corrected chi connectivity index (χ0v) is 43.9. The molecule has 3 aliphatic carbocycles. The molecule has 9 aromatic carbocycles. The number of aryl methyl sites for hydroxylation is 1. The Bertz CT molecular complexity index is 3500. The molecule has 9 aromatic rings. The summed E-state index contributed by atoms with van der Waals surface area (Å²) >= 11 is 0. The van der Waals surface area contributed by atoms with Gasteiger partial charge in [0.15, 0.2) is 0 Å². The predicted octanol–water partition coefficient (Wildman–Crippen LogP) is 19.6. The van der Waals surface area contributed by atoms with Gasteiger partial charge in [-0.05, 0) is 200 Å². The van der Waals surface area contributed by atoms with Crippen molar-refractivity contribution in [3.8, 4) is 33.4 Å². The summed E-state index contributed by atoms with van der Waals surface area (Å²) in [4.78, 5) is 2.51. The van der Waals surface area contributed by atoms with Crippen LogP contribution in [0.25, 0.3) is 45.0 Å². The molecule has 0 aliphatic heterocycles. The van der Waals surface area contributed by atoms with Crippen molar-refractivity contribution in [2.24, 2.45) is 0 Å². The summed E-state index contributed by atoms with van der Waals surface area (Å²) in [5, 5.41) is 0. The average Bonchev–Trinajstić information content (AvgIpc) is 3.65. The number of para-hydroxylation sites is 1. The Labute approximate surface area is 441 Å². The van der Waals surface area contributed by atoms with E-state index in [2.05, 4.69) is 251 Å². The Morgan fingerprint density at radius 1 is 0.459 bits per heavy atom. The van der Waals surface area contributed by atoms with Crippen molar-refractivity contribution >= 4 is 28.7 Å². The van der Waals surface area contributed by atoms with Crippen molar-refractivity contribution in [3.63, 3.8) is 0 Å². The van der Waals surface area contributed by atoms with Gasteiger partial charge in [0.1, 0.15) is 0 Å². The quantitative estimate of drug-likeness (QED) is 0.0990. The number of nitrogens with zero attached hydrogens (tertiary/aromatic N) is 1. The maximum absolute atomic E-state index is 2.56. The summed E-state index contributed by atoms with van der Waals surface area (Å²) in [6, 6.07) is 81.1. The molecule has 366 valence electrons. The van der Waals surface area contributed by atoms with Crippen LogP contribution in [0, 0.1) is 0 Å². The van der Waals surface area contributed by atoms with Crippen LogP contribution in [0.5, 0.6) is 0 Å². The Kier molecular flexibility index (Phi) is 12.9. The van der Waals surface area contributed by atoms with E-state index in [9.17, 15) is 0 Å². The van der Waals surface area contributed by atoms with Gasteiger partial charge in [0.2, 0.25) is 0 Å². The molecule has 0 spiro atoms. The summed E-state index contributed by atoms with van der Waals surface area (Å²) < 4.78 is 0. The molecule has 3 aliphatic rings. The van der Waals surface area contributed by atoms with Crippen LogP contribution in [0.3, 0.4) is 0 Å². The third kappa shape index (κ3) is 8.45. The zero-order valence-electron chi connectivity index (χ0n) is 43.9. The molecule has 12 rings (SSSR count). The highest BCUT2D eigenvalue weighted by molar-refractivity contribution is 5.94. The molecule has 0 saturated carbocycles. The van der Waals surface area contributed by atoms with Crippen LogP contribution >= 0.6 is 0 Å². The normalized spacial score (nSPS) is 16.1. The molecule has 74 heavy (non-hydrogen) atoms. The van der Waals surface area contributed by atoms with Crippen molar-refractivity contribution in [3.05, 3.63) is 268 Å². The molecule has 0 radical (unpaired) electrons. The minimum Gasteiger partial charge on any atom is -0.310 e. The lowest BCUT2D eigenvalue weighted by Crippen LogP contribution is -2.31. The minimum atomic E-state index is -0.0108. The van der Waals surface area contributed by atoms with Crippen molar-refractivity contribution in [1.82, 2.24) is 0 Å². The van der Waals surface area contributed by atoms with Crippen LogP contribution in [-0.4, -0.2) is 0 Å². The van der Waals surface area contributed by atoms with Crippen LogP contribution in [0.1, 0.15) is 128 Å². The maximum Gasteiger partial charge on any atom is 0.0468 e. The smallest absolute Gasteiger partial charge is 0.0468 e. The molecule has 0 saturated heterocycles. The van der Waals surface area contributed by atoms with E-state index in [1.54, 1.807) is 0 Å². The van der Waals surface area contributed by atoms with E-state index in [0.29, 0.717) is 5.92 Å². The second kappa shape index (κ2) is 20.1. The molecular formula is C73H69N. The van der Waals surface area contributed by atoms with Gasteiger partial charge in [-0.3, -0.25) is 0 Å². The van der Waals surface area contributed by atoms with Crippen molar-refractivity contribution in [2.75, 3.05) is 4.90 Å². The molecule has 0 N–H and O–H groups in total. The van der Waals surface area contributed by atoms with Gasteiger partial charge in [-0.15, -0.1) is 0 Å². The Balaban J connectivity index is 0.929. The first-order valence-electron chi connectivity index (χ1n) is 27.8. The van der Waals surface area contributed by atoms with Gasteiger partial charge in [0, 0.05) is 22.5 Å². The van der Waals surface area contributed by atoms with E-state index in [-0.39, 0.29) is 10.8 Å². The Hall–Kier alpha value is -7.48. The molecule has 2 atom stereocenters. The van der Waals surface area contributed by atoms with Crippen LogP contribution in [0.2, 0.25) is 0 Å². The van der Waals surface area contributed by atoms with Gasteiger partial charge < -0.3 is 4.90 Å². The van der Waals surface area contributed by atoms with Crippen molar-refractivity contribution < 1.29 is 0 Å². The van der Waals surface area contributed by atoms with Gasteiger partial charge in [-0.1, -0.05) is 216 Å². The van der Waals surface area contributed by atoms with Gasteiger partial charge in [-0.2, -0.15) is 0 Å². The molecule has 1 nitrogen and oxygen atoms in total. The molecule has 0 amide bonds.